The third kappa shape index (κ3) is 5.40. The third-order valence-corrected chi connectivity index (χ3v) is 8.30. The monoisotopic (exact) mass is 472 g/mol. The van der Waals surface area contributed by atoms with Gasteiger partial charge in [0.1, 0.15) is 0 Å². The number of sulfonamides is 1. The molecule has 2 fully saturated rings. The fourth-order valence-electron chi connectivity index (χ4n) is 4.48. The van der Waals surface area contributed by atoms with Crippen molar-refractivity contribution in [2.75, 3.05) is 39.3 Å². The van der Waals surface area contributed by atoms with Crippen LogP contribution in [-0.2, 0) is 21.4 Å². The summed E-state index contributed by atoms with van der Waals surface area (Å²) in [7, 11) is -3.83. The lowest BCUT2D eigenvalue weighted by Crippen LogP contribution is -2.51. The minimum Gasteiger partial charge on any atom is -0.340 e. The van der Waals surface area contributed by atoms with Crippen LogP contribution in [0.5, 0.6) is 0 Å². The van der Waals surface area contributed by atoms with E-state index in [0.717, 1.165) is 25.7 Å². The zero-order valence-corrected chi connectivity index (χ0v) is 19.2. The smallest absolute Gasteiger partial charge is 0.270 e. The molecule has 0 spiro atoms. The second-order valence-electron chi connectivity index (χ2n) is 8.52. The van der Waals surface area contributed by atoms with E-state index in [1.807, 2.05) is 23.1 Å². The van der Waals surface area contributed by atoms with Gasteiger partial charge in [0.2, 0.25) is 15.9 Å². The molecule has 176 valence electrons. The second kappa shape index (κ2) is 9.98. The molecule has 1 amide bonds. The van der Waals surface area contributed by atoms with Gasteiger partial charge in [-0.15, -0.1) is 0 Å². The predicted octanol–water partition coefficient (Wildman–Crippen LogP) is 2.34. The number of nitro groups is 1. The van der Waals surface area contributed by atoms with Crippen LogP contribution in [0.4, 0.5) is 5.69 Å². The molecule has 2 heterocycles. The van der Waals surface area contributed by atoms with E-state index in [1.165, 1.54) is 28.1 Å². The van der Waals surface area contributed by atoms with Gasteiger partial charge in [-0.25, -0.2) is 8.42 Å². The molecule has 0 aliphatic carbocycles. The van der Waals surface area contributed by atoms with Gasteiger partial charge in [-0.1, -0.05) is 36.4 Å². The Labute approximate surface area is 193 Å². The van der Waals surface area contributed by atoms with Gasteiger partial charge in [-0.05, 0) is 24.5 Å². The molecule has 33 heavy (non-hydrogen) atoms. The number of nitro benzene ring substituents is 1. The Hall–Kier alpha value is -2.82. The maximum atomic E-state index is 13.0. The van der Waals surface area contributed by atoms with E-state index in [9.17, 15) is 23.3 Å². The molecule has 0 radical (unpaired) electrons. The van der Waals surface area contributed by atoms with Gasteiger partial charge in [0, 0.05) is 63.9 Å². The van der Waals surface area contributed by atoms with E-state index in [0.29, 0.717) is 25.9 Å². The standard InChI is InChI=1S/C23H28N4O5S/c28-23(25-15-13-24(14-16-25)18-19-5-2-1-3-6-19)20-9-11-26(12-10-20)33(31,32)22-8-4-7-21(17-22)27(29)30/h1-8,17,20H,9-16,18H2. The van der Waals surface area contributed by atoms with Crippen LogP contribution in [0.3, 0.4) is 0 Å². The first-order chi connectivity index (χ1) is 15.8. The Morgan fingerprint density at radius 1 is 0.939 bits per heavy atom. The number of carbonyl (C=O) groups excluding carboxylic acids is 1. The van der Waals surface area contributed by atoms with Crippen LogP contribution in [0.1, 0.15) is 18.4 Å². The molecular formula is C23H28N4O5S. The highest BCUT2D eigenvalue weighted by molar-refractivity contribution is 7.89. The fraction of sp³-hybridized carbons (Fsp3) is 0.435. The molecule has 4 rings (SSSR count). The fourth-order valence-corrected chi connectivity index (χ4v) is 5.99. The molecular weight excluding hydrogens is 444 g/mol. The summed E-state index contributed by atoms with van der Waals surface area (Å²) < 4.78 is 27.2. The largest absolute Gasteiger partial charge is 0.340 e. The van der Waals surface area contributed by atoms with Crippen LogP contribution >= 0.6 is 0 Å². The molecule has 0 aromatic heterocycles. The first-order valence-corrected chi connectivity index (χ1v) is 12.6. The van der Waals surface area contributed by atoms with E-state index in [1.54, 1.807) is 0 Å². The van der Waals surface area contributed by atoms with E-state index in [2.05, 4.69) is 17.0 Å². The van der Waals surface area contributed by atoms with Crippen LogP contribution in [0.15, 0.2) is 59.5 Å². The zero-order valence-electron chi connectivity index (χ0n) is 18.4. The Kier molecular flexibility index (Phi) is 7.06. The highest BCUT2D eigenvalue weighted by Crippen LogP contribution is 2.27. The van der Waals surface area contributed by atoms with Gasteiger partial charge >= 0.3 is 0 Å². The number of amides is 1. The van der Waals surface area contributed by atoms with Crippen LogP contribution in [0.25, 0.3) is 0 Å². The third-order valence-electron chi connectivity index (χ3n) is 6.40. The topological polar surface area (TPSA) is 104 Å². The van der Waals surface area contributed by atoms with Gasteiger partial charge < -0.3 is 4.90 Å². The van der Waals surface area contributed by atoms with Gasteiger partial charge in [-0.2, -0.15) is 4.31 Å². The molecule has 0 bridgehead atoms. The van der Waals surface area contributed by atoms with Gasteiger partial charge in [0.15, 0.2) is 0 Å². The average Bonchev–Trinajstić information content (AvgIpc) is 2.85. The first-order valence-electron chi connectivity index (χ1n) is 11.1. The van der Waals surface area contributed by atoms with Gasteiger partial charge in [-0.3, -0.25) is 19.8 Å². The van der Waals surface area contributed by atoms with E-state index >= 15 is 0 Å². The number of carbonyl (C=O) groups is 1. The van der Waals surface area contributed by atoms with Crippen molar-refractivity contribution in [2.45, 2.75) is 24.3 Å². The van der Waals surface area contributed by atoms with Crippen molar-refractivity contribution in [3.05, 3.63) is 70.3 Å². The lowest BCUT2D eigenvalue weighted by atomic mass is 9.96. The summed E-state index contributed by atoms with van der Waals surface area (Å²) in [5, 5.41) is 11.0. The maximum Gasteiger partial charge on any atom is 0.270 e. The second-order valence-corrected chi connectivity index (χ2v) is 10.5. The van der Waals surface area contributed by atoms with Gasteiger partial charge in [0.05, 0.1) is 9.82 Å². The van der Waals surface area contributed by atoms with E-state index in [-0.39, 0.29) is 35.5 Å². The molecule has 2 saturated heterocycles. The minimum atomic E-state index is -3.83. The summed E-state index contributed by atoms with van der Waals surface area (Å²) in [5.74, 6) is -0.0935. The van der Waals surface area contributed by atoms with Crippen LogP contribution in [0, 0.1) is 16.0 Å². The van der Waals surface area contributed by atoms with Crippen molar-refractivity contribution in [3.8, 4) is 0 Å². The lowest BCUT2D eigenvalue weighted by Gasteiger charge is -2.38. The normalized spacial score (nSPS) is 18.8. The highest BCUT2D eigenvalue weighted by Gasteiger charge is 2.35. The highest BCUT2D eigenvalue weighted by atomic mass is 32.2. The number of hydrogen-bond donors (Lipinski definition) is 0. The van der Waals surface area contributed by atoms with Crippen molar-refractivity contribution >= 4 is 21.6 Å². The van der Waals surface area contributed by atoms with Crippen molar-refractivity contribution in [3.63, 3.8) is 0 Å². The quantitative estimate of drug-likeness (QED) is 0.472. The summed E-state index contributed by atoms with van der Waals surface area (Å²) in [6.45, 7) is 4.33. The number of non-ortho nitro benzene ring substituents is 1. The van der Waals surface area contributed by atoms with Crippen LogP contribution in [-0.4, -0.2) is 72.6 Å². The van der Waals surface area contributed by atoms with Crippen molar-refractivity contribution in [2.24, 2.45) is 5.92 Å². The molecule has 2 aliphatic heterocycles. The summed E-state index contributed by atoms with van der Waals surface area (Å²) in [6, 6.07) is 15.4. The number of hydrogen-bond acceptors (Lipinski definition) is 6. The number of rotatable bonds is 6. The number of benzene rings is 2. The molecule has 0 saturated carbocycles. The molecule has 2 aromatic rings. The number of nitrogens with zero attached hydrogens (tertiary/aromatic N) is 4. The van der Waals surface area contributed by atoms with Gasteiger partial charge in [0.25, 0.3) is 5.69 Å². The lowest BCUT2D eigenvalue weighted by molar-refractivity contribution is -0.385. The van der Waals surface area contributed by atoms with E-state index < -0.39 is 14.9 Å². The SMILES string of the molecule is O=C(C1CCN(S(=O)(=O)c2cccc([N+](=O)[O-])c2)CC1)N1CCN(Cc2ccccc2)CC1. The minimum absolute atomic E-state index is 0.0870. The Morgan fingerprint density at radius 3 is 2.24 bits per heavy atom. The Balaban J connectivity index is 1.29. The molecule has 9 nitrogen and oxygen atoms in total. The zero-order chi connectivity index (χ0) is 23.4. The van der Waals surface area contributed by atoms with Crippen molar-refractivity contribution < 1.29 is 18.1 Å². The molecule has 0 atom stereocenters. The van der Waals surface area contributed by atoms with Crippen molar-refractivity contribution in [1.29, 1.82) is 0 Å². The molecule has 2 aliphatic rings. The number of piperazine rings is 1. The molecule has 10 heteroatoms. The average molecular weight is 473 g/mol. The van der Waals surface area contributed by atoms with E-state index in [4.69, 9.17) is 0 Å². The first kappa shape index (κ1) is 23.3. The maximum absolute atomic E-state index is 13.0. The Bertz CT molecular complexity index is 1090. The predicted molar refractivity (Wildman–Crippen MR) is 123 cm³/mol. The van der Waals surface area contributed by atoms with Crippen LogP contribution < -0.4 is 0 Å². The number of piperidine rings is 1. The van der Waals surface area contributed by atoms with Crippen LogP contribution in [0.2, 0.25) is 0 Å². The summed E-state index contributed by atoms with van der Waals surface area (Å²) in [4.78, 5) is 27.6. The summed E-state index contributed by atoms with van der Waals surface area (Å²) in [5.41, 5.74) is 1.00. The summed E-state index contributed by atoms with van der Waals surface area (Å²) >= 11 is 0. The Morgan fingerprint density at radius 2 is 1.61 bits per heavy atom. The van der Waals surface area contributed by atoms with Crippen molar-refractivity contribution in [1.82, 2.24) is 14.1 Å². The molecule has 2 aromatic carbocycles. The summed E-state index contributed by atoms with van der Waals surface area (Å²) in [6.07, 6.45) is 0.911. The molecule has 0 N–H and O–H groups in total. The molecule has 0 unspecified atom stereocenters.